The number of carbonyl (C=O) groups excluding carboxylic acids is 1. The molecule has 2 aromatic rings. The highest BCUT2D eigenvalue weighted by atomic mass is 16.5. The van der Waals surface area contributed by atoms with Crippen LogP contribution in [-0.4, -0.2) is 61.9 Å². The molecule has 3 rings (SSSR count). The quantitative estimate of drug-likeness (QED) is 0.846. The molecule has 1 N–H and O–H groups in total. The lowest BCUT2D eigenvalue weighted by Crippen LogP contribution is -2.53. The van der Waals surface area contributed by atoms with E-state index in [1.807, 2.05) is 54.4 Å². The van der Waals surface area contributed by atoms with Crippen molar-refractivity contribution >= 4 is 11.7 Å². The van der Waals surface area contributed by atoms with Crippen LogP contribution in [0.25, 0.3) is 0 Å². The van der Waals surface area contributed by atoms with Gasteiger partial charge in [-0.15, -0.1) is 0 Å². The van der Waals surface area contributed by atoms with E-state index in [2.05, 4.69) is 15.2 Å². The van der Waals surface area contributed by atoms with Gasteiger partial charge in [-0.25, -0.2) is 4.79 Å². The van der Waals surface area contributed by atoms with Crippen molar-refractivity contribution < 1.29 is 14.3 Å². The molecule has 0 bridgehead atoms. The molecule has 1 aliphatic rings. The highest BCUT2D eigenvalue weighted by molar-refractivity contribution is 5.74. The SMILES string of the molecule is COc1ccccc1OC[C@H](C)NC(=O)N1CCN(c2cccnc2)CC1. The van der Waals surface area contributed by atoms with Gasteiger partial charge in [-0.1, -0.05) is 12.1 Å². The molecule has 1 saturated heterocycles. The number of aromatic nitrogens is 1. The number of urea groups is 1. The van der Waals surface area contributed by atoms with Gasteiger partial charge in [-0.05, 0) is 31.2 Å². The maximum Gasteiger partial charge on any atom is 0.317 e. The van der Waals surface area contributed by atoms with Crippen LogP contribution < -0.4 is 19.7 Å². The van der Waals surface area contributed by atoms with Crippen LogP contribution in [0.1, 0.15) is 6.92 Å². The number of hydrogen-bond donors (Lipinski definition) is 1. The first-order valence-electron chi connectivity index (χ1n) is 9.13. The summed E-state index contributed by atoms with van der Waals surface area (Å²) in [6, 6.07) is 11.3. The maximum absolute atomic E-state index is 12.5. The van der Waals surface area contributed by atoms with Crippen LogP contribution in [0.5, 0.6) is 11.5 Å². The fourth-order valence-corrected chi connectivity index (χ4v) is 3.01. The number of benzene rings is 1. The standard InChI is InChI=1S/C20H26N4O3/c1-16(15-27-19-8-4-3-7-18(19)26-2)22-20(25)24-12-10-23(11-13-24)17-6-5-9-21-14-17/h3-9,14,16H,10-13,15H2,1-2H3,(H,22,25)/t16-/m0/s1. The number of hydrogen-bond acceptors (Lipinski definition) is 5. The van der Waals surface area contributed by atoms with Gasteiger partial charge in [0.2, 0.25) is 0 Å². The second-order valence-corrected chi connectivity index (χ2v) is 6.50. The Bertz CT molecular complexity index is 733. The van der Waals surface area contributed by atoms with Crippen LogP contribution in [-0.2, 0) is 0 Å². The summed E-state index contributed by atoms with van der Waals surface area (Å²) in [6.07, 6.45) is 3.62. The Morgan fingerprint density at radius 2 is 1.89 bits per heavy atom. The predicted octanol–water partition coefficient (Wildman–Crippen LogP) is 2.39. The van der Waals surface area contributed by atoms with Crippen molar-refractivity contribution in [2.75, 3.05) is 44.8 Å². The summed E-state index contributed by atoms with van der Waals surface area (Å²) in [5.74, 6) is 1.36. The first-order chi connectivity index (χ1) is 13.2. The predicted molar refractivity (Wildman–Crippen MR) is 105 cm³/mol. The molecule has 1 aromatic heterocycles. The average molecular weight is 370 g/mol. The van der Waals surface area contributed by atoms with E-state index in [9.17, 15) is 4.79 Å². The molecular formula is C20H26N4O3. The molecule has 0 spiro atoms. The first kappa shape index (κ1) is 18.8. The molecule has 7 nitrogen and oxygen atoms in total. The van der Waals surface area contributed by atoms with Crippen molar-refractivity contribution in [2.45, 2.75) is 13.0 Å². The van der Waals surface area contributed by atoms with E-state index in [4.69, 9.17) is 9.47 Å². The lowest BCUT2D eigenvalue weighted by atomic mass is 10.3. The Morgan fingerprint density at radius 3 is 2.56 bits per heavy atom. The Balaban J connectivity index is 1.44. The number of amides is 2. The van der Waals surface area contributed by atoms with Crippen molar-refractivity contribution in [3.63, 3.8) is 0 Å². The molecule has 0 aliphatic carbocycles. The van der Waals surface area contributed by atoms with Gasteiger partial charge in [0, 0.05) is 32.4 Å². The maximum atomic E-state index is 12.5. The number of pyridine rings is 1. The van der Waals surface area contributed by atoms with E-state index in [0.29, 0.717) is 31.2 Å². The number of para-hydroxylation sites is 2. The summed E-state index contributed by atoms with van der Waals surface area (Å²) in [5, 5.41) is 3.00. The van der Waals surface area contributed by atoms with Crippen molar-refractivity contribution in [1.29, 1.82) is 0 Å². The van der Waals surface area contributed by atoms with Gasteiger partial charge in [-0.2, -0.15) is 0 Å². The summed E-state index contributed by atoms with van der Waals surface area (Å²) in [5.41, 5.74) is 1.09. The van der Waals surface area contributed by atoms with Crippen LogP contribution >= 0.6 is 0 Å². The number of rotatable bonds is 6. The number of methoxy groups -OCH3 is 1. The number of nitrogens with zero attached hydrogens (tertiary/aromatic N) is 3. The van der Waals surface area contributed by atoms with Crippen LogP contribution in [0.4, 0.5) is 10.5 Å². The van der Waals surface area contributed by atoms with Gasteiger partial charge >= 0.3 is 6.03 Å². The van der Waals surface area contributed by atoms with Crippen LogP contribution in [0.2, 0.25) is 0 Å². The molecule has 1 aromatic carbocycles. The number of anilines is 1. The van der Waals surface area contributed by atoms with Crippen molar-refractivity contribution in [3.8, 4) is 11.5 Å². The van der Waals surface area contributed by atoms with Crippen molar-refractivity contribution in [3.05, 3.63) is 48.8 Å². The molecule has 2 amide bonds. The summed E-state index contributed by atoms with van der Waals surface area (Å²) in [4.78, 5) is 20.7. The molecule has 2 heterocycles. The van der Waals surface area contributed by atoms with Gasteiger partial charge < -0.3 is 24.6 Å². The Hall–Kier alpha value is -2.96. The topological polar surface area (TPSA) is 66.9 Å². The Labute approximate surface area is 159 Å². The summed E-state index contributed by atoms with van der Waals surface area (Å²) in [6.45, 7) is 5.26. The third-order valence-corrected chi connectivity index (χ3v) is 4.51. The van der Waals surface area contributed by atoms with Crippen LogP contribution in [0.3, 0.4) is 0 Å². The molecule has 1 fully saturated rings. The third-order valence-electron chi connectivity index (χ3n) is 4.51. The normalized spacial score (nSPS) is 15.2. The molecule has 1 aliphatic heterocycles. The Morgan fingerprint density at radius 1 is 1.15 bits per heavy atom. The molecule has 144 valence electrons. The molecule has 0 unspecified atom stereocenters. The lowest BCUT2D eigenvalue weighted by Gasteiger charge is -2.36. The van der Waals surface area contributed by atoms with Crippen molar-refractivity contribution in [1.82, 2.24) is 15.2 Å². The fraction of sp³-hybridized carbons (Fsp3) is 0.400. The smallest absolute Gasteiger partial charge is 0.317 e. The molecule has 0 saturated carbocycles. The van der Waals surface area contributed by atoms with Crippen molar-refractivity contribution in [2.24, 2.45) is 0 Å². The zero-order chi connectivity index (χ0) is 19.1. The molecular weight excluding hydrogens is 344 g/mol. The molecule has 0 radical (unpaired) electrons. The van der Waals surface area contributed by atoms with Gasteiger partial charge in [0.1, 0.15) is 6.61 Å². The monoisotopic (exact) mass is 370 g/mol. The summed E-state index contributed by atoms with van der Waals surface area (Å²) >= 11 is 0. The number of nitrogens with one attached hydrogen (secondary N) is 1. The first-order valence-corrected chi connectivity index (χ1v) is 9.13. The average Bonchev–Trinajstić information content (AvgIpc) is 2.73. The minimum atomic E-state index is -0.112. The van der Waals surface area contributed by atoms with Gasteiger partial charge in [0.05, 0.1) is 25.0 Å². The number of piperazine rings is 1. The summed E-state index contributed by atoms with van der Waals surface area (Å²) < 4.78 is 11.1. The third kappa shape index (κ3) is 5.03. The van der Waals surface area contributed by atoms with E-state index in [1.165, 1.54) is 0 Å². The van der Waals surface area contributed by atoms with E-state index < -0.39 is 0 Å². The molecule has 27 heavy (non-hydrogen) atoms. The second-order valence-electron chi connectivity index (χ2n) is 6.50. The lowest BCUT2D eigenvalue weighted by molar-refractivity contribution is 0.183. The van der Waals surface area contributed by atoms with Gasteiger partial charge in [0.25, 0.3) is 0 Å². The molecule has 1 atom stereocenters. The van der Waals surface area contributed by atoms with Crippen LogP contribution in [0, 0.1) is 0 Å². The minimum Gasteiger partial charge on any atom is -0.493 e. The molecule has 7 heteroatoms. The van der Waals surface area contributed by atoms with Gasteiger partial charge in [-0.3, -0.25) is 4.98 Å². The van der Waals surface area contributed by atoms with Crippen LogP contribution in [0.15, 0.2) is 48.8 Å². The summed E-state index contributed by atoms with van der Waals surface area (Å²) in [7, 11) is 1.61. The van der Waals surface area contributed by atoms with Gasteiger partial charge in [0.15, 0.2) is 11.5 Å². The number of ether oxygens (including phenoxy) is 2. The Kier molecular flexibility index (Phi) is 6.35. The van der Waals surface area contributed by atoms with E-state index in [0.717, 1.165) is 18.8 Å². The fourth-order valence-electron chi connectivity index (χ4n) is 3.01. The largest absolute Gasteiger partial charge is 0.493 e. The van der Waals surface area contributed by atoms with E-state index in [1.54, 1.807) is 13.3 Å². The highest BCUT2D eigenvalue weighted by Gasteiger charge is 2.22. The van der Waals surface area contributed by atoms with E-state index in [-0.39, 0.29) is 12.1 Å². The second kappa shape index (κ2) is 9.12. The zero-order valence-electron chi connectivity index (χ0n) is 15.8. The highest BCUT2D eigenvalue weighted by Crippen LogP contribution is 2.25. The van der Waals surface area contributed by atoms with E-state index >= 15 is 0 Å². The minimum absolute atomic E-state index is 0.0584. The number of carbonyl (C=O) groups is 1. The zero-order valence-corrected chi connectivity index (χ0v) is 15.8.